The standard InChI is InChI=1S/C23H25NO3/c1-16-7-5-8-17(2)21(16)22(26)24-13-6-11-23(12-14-24)15-19(25)18-9-3-4-10-20(18)27-23/h3-5,7-10H,6,11-15H2,1-2H3. The minimum atomic E-state index is -0.485. The van der Waals surface area contributed by atoms with Crippen molar-refractivity contribution in [2.75, 3.05) is 13.1 Å². The normalized spacial score (nSPS) is 22.1. The average molecular weight is 363 g/mol. The molecule has 0 saturated carbocycles. The summed E-state index contributed by atoms with van der Waals surface area (Å²) in [6.45, 7) is 5.29. The first-order chi connectivity index (χ1) is 13.0. The number of rotatable bonds is 1. The predicted octanol–water partition coefficient (Wildman–Crippen LogP) is 4.33. The zero-order valence-electron chi connectivity index (χ0n) is 16.0. The Morgan fingerprint density at radius 1 is 1.00 bits per heavy atom. The van der Waals surface area contributed by atoms with Crippen molar-refractivity contribution in [1.82, 2.24) is 4.90 Å². The van der Waals surface area contributed by atoms with E-state index in [1.54, 1.807) is 0 Å². The van der Waals surface area contributed by atoms with Gasteiger partial charge in [-0.05, 0) is 49.9 Å². The predicted molar refractivity (Wildman–Crippen MR) is 104 cm³/mol. The van der Waals surface area contributed by atoms with Crippen molar-refractivity contribution in [3.05, 3.63) is 64.7 Å². The Balaban J connectivity index is 1.55. The van der Waals surface area contributed by atoms with Crippen LogP contribution in [0.4, 0.5) is 0 Å². The monoisotopic (exact) mass is 363 g/mol. The van der Waals surface area contributed by atoms with Gasteiger partial charge in [-0.1, -0.05) is 30.3 Å². The lowest BCUT2D eigenvalue weighted by atomic mass is 9.84. The molecule has 4 nitrogen and oxygen atoms in total. The molecule has 0 radical (unpaired) electrons. The number of hydrogen-bond donors (Lipinski definition) is 0. The van der Waals surface area contributed by atoms with E-state index in [0.717, 1.165) is 29.5 Å². The number of carbonyl (C=O) groups excluding carboxylic acids is 2. The fraction of sp³-hybridized carbons (Fsp3) is 0.391. The first-order valence-corrected chi connectivity index (χ1v) is 9.66. The van der Waals surface area contributed by atoms with Crippen molar-refractivity contribution in [2.45, 2.75) is 45.1 Å². The zero-order chi connectivity index (χ0) is 19.0. The number of amides is 1. The van der Waals surface area contributed by atoms with Crippen molar-refractivity contribution in [2.24, 2.45) is 0 Å². The average Bonchev–Trinajstić information content (AvgIpc) is 2.84. The Labute approximate surface area is 160 Å². The summed E-state index contributed by atoms with van der Waals surface area (Å²) in [7, 11) is 0. The smallest absolute Gasteiger partial charge is 0.254 e. The quantitative estimate of drug-likeness (QED) is 0.757. The third-order valence-electron chi connectivity index (χ3n) is 5.88. The van der Waals surface area contributed by atoms with E-state index >= 15 is 0 Å². The molecular formula is C23H25NO3. The molecule has 1 spiro atoms. The van der Waals surface area contributed by atoms with E-state index in [1.165, 1.54) is 0 Å². The summed E-state index contributed by atoms with van der Waals surface area (Å²) in [5, 5.41) is 0. The fourth-order valence-electron chi connectivity index (χ4n) is 4.40. The highest BCUT2D eigenvalue weighted by molar-refractivity contribution is 6.00. The van der Waals surface area contributed by atoms with Gasteiger partial charge in [-0.3, -0.25) is 9.59 Å². The van der Waals surface area contributed by atoms with Gasteiger partial charge in [0.25, 0.3) is 5.91 Å². The van der Waals surface area contributed by atoms with E-state index in [2.05, 4.69) is 0 Å². The molecule has 1 unspecified atom stereocenters. The highest BCUT2D eigenvalue weighted by atomic mass is 16.5. The van der Waals surface area contributed by atoms with Gasteiger partial charge in [0.15, 0.2) is 5.78 Å². The molecule has 0 aliphatic carbocycles. The molecule has 0 bridgehead atoms. The number of Topliss-reactive ketones (excluding diaryl/α,β-unsaturated/α-hetero) is 1. The van der Waals surface area contributed by atoms with Gasteiger partial charge in [-0.25, -0.2) is 0 Å². The molecule has 2 aromatic rings. The molecule has 1 atom stereocenters. The maximum Gasteiger partial charge on any atom is 0.254 e. The van der Waals surface area contributed by atoms with Crippen LogP contribution in [-0.2, 0) is 0 Å². The number of aryl methyl sites for hydroxylation is 2. The Kier molecular flexibility index (Phi) is 4.50. The van der Waals surface area contributed by atoms with Crippen molar-refractivity contribution in [3.63, 3.8) is 0 Å². The molecule has 4 rings (SSSR count). The van der Waals surface area contributed by atoms with Gasteiger partial charge in [0.1, 0.15) is 11.4 Å². The van der Waals surface area contributed by atoms with Gasteiger partial charge >= 0.3 is 0 Å². The summed E-state index contributed by atoms with van der Waals surface area (Å²) >= 11 is 0. The minimum absolute atomic E-state index is 0.0881. The van der Waals surface area contributed by atoms with Gasteiger partial charge < -0.3 is 9.64 Å². The molecule has 2 aliphatic heterocycles. The van der Waals surface area contributed by atoms with E-state index in [9.17, 15) is 9.59 Å². The molecule has 0 aromatic heterocycles. The molecule has 4 heteroatoms. The van der Waals surface area contributed by atoms with Crippen LogP contribution in [0.1, 0.15) is 57.5 Å². The first-order valence-electron chi connectivity index (χ1n) is 9.66. The third-order valence-corrected chi connectivity index (χ3v) is 5.88. The molecule has 2 aliphatic rings. The summed E-state index contributed by atoms with van der Waals surface area (Å²) in [5.41, 5.74) is 3.02. The molecule has 140 valence electrons. The van der Waals surface area contributed by atoms with Crippen LogP contribution >= 0.6 is 0 Å². The summed E-state index contributed by atoms with van der Waals surface area (Å²) < 4.78 is 6.33. The van der Waals surface area contributed by atoms with Crippen molar-refractivity contribution < 1.29 is 14.3 Å². The molecule has 0 N–H and O–H groups in total. The van der Waals surface area contributed by atoms with Crippen molar-refractivity contribution >= 4 is 11.7 Å². The lowest BCUT2D eigenvalue weighted by Crippen LogP contribution is -2.43. The van der Waals surface area contributed by atoms with Crippen LogP contribution in [0.5, 0.6) is 5.75 Å². The number of benzene rings is 2. The minimum Gasteiger partial charge on any atom is -0.486 e. The van der Waals surface area contributed by atoms with E-state index < -0.39 is 5.60 Å². The Hall–Kier alpha value is -2.62. The molecule has 1 amide bonds. The maximum atomic E-state index is 13.1. The highest BCUT2D eigenvalue weighted by Gasteiger charge is 2.42. The molecule has 2 aromatic carbocycles. The maximum absolute atomic E-state index is 13.1. The van der Waals surface area contributed by atoms with E-state index in [4.69, 9.17) is 4.74 Å². The molecule has 2 heterocycles. The Bertz CT molecular complexity index is 884. The highest BCUT2D eigenvalue weighted by Crippen LogP contribution is 2.39. The summed E-state index contributed by atoms with van der Waals surface area (Å²) in [6.07, 6.45) is 2.72. The number of hydrogen-bond acceptors (Lipinski definition) is 3. The largest absolute Gasteiger partial charge is 0.486 e. The van der Waals surface area contributed by atoms with Crippen LogP contribution < -0.4 is 4.74 Å². The van der Waals surface area contributed by atoms with Gasteiger partial charge in [-0.15, -0.1) is 0 Å². The van der Waals surface area contributed by atoms with Crippen LogP contribution in [0.3, 0.4) is 0 Å². The number of likely N-dealkylation sites (tertiary alicyclic amines) is 1. The molecular weight excluding hydrogens is 338 g/mol. The van der Waals surface area contributed by atoms with Crippen LogP contribution in [0, 0.1) is 13.8 Å². The number of ketones is 1. The van der Waals surface area contributed by atoms with Crippen LogP contribution in [0.2, 0.25) is 0 Å². The second-order valence-electron chi connectivity index (χ2n) is 7.79. The van der Waals surface area contributed by atoms with E-state index in [-0.39, 0.29) is 11.7 Å². The number of carbonyl (C=O) groups is 2. The van der Waals surface area contributed by atoms with Gasteiger partial charge in [-0.2, -0.15) is 0 Å². The topological polar surface area (TPSA) is 46.6 Å². The lowest BCUT2D eigenvalue weighted by molar-refractivity contribution is 0.0300. The van der Waals surface area contributed by atoms with Crippen LogP contribution in [0.15, 0.2) is 42.5 Å². The van der Waals surface area contributed by atoms with Crippen LogP contribution in [0.25, 0.3) is 0 Å². The summed E-state index contributed by atoms with van der Waals surface area (Å²) in [6, 6.07) is 13.4. The Morgan fingerprint density at radius 2 is 1.74 bits per heavy atom. The molecule has 27 heavy (non-hydrogen) atoms. The first kappa shape index (κ1) is 17.8. The lowest BCUT2D eigenvalue weighted by Gasteiger charge is -2.37. The zero-order valence-corrected chi connectivity index (χ0v) is 16.0. The molecule has 1 saturated heterocycles. The summed E-state index contributed by atoms with van der Waals surface area (Å²) in [4.78, 5) is 27.7. The van der Waals surface area contributed by atoms with Gasteiger partial charge in [0, 0.05) is 25.1 Å². The second kappa shape index (κ2) is 6.84. The number of ether oxygens (including phenoxy) is 1. The fourth-order valence-corrected chi connectivity index (χ4v) is 4.40. The molecule has 1 fully saturated rings. The Morgan fingerprint density at radius 3 is 2.52 bits per heavy atom. The SMILES string of the molecule is Cc1cccc(C)c1C(=O)N1CCCC2(CC1)CC(=O)c1ccccc1O2. The van der Waals surface area contributed by atoms with Crippen molar-refractivity contribution in [3.8, 4) is 5.75 Å². The van der Waals surface area contributed by atoms with Crippen LogP contribution in [-0.4, -0.2) is 35.3 Å². The van der Waals surface area contributed by atoms with Gasteiger partial charge in [0.2, 0.25) is 0 Å². The van der Waals surface area contributed by atoms with Crippen molar-refractivity contribution in [1.29, 1.82) is 0 Å². The number of nitrogens with zero attached hydrogens (tertiary/aromatic N) is 1. The summed E-state index contributed by atoms with van der Waals surface area (Å²) in [5.74, 6) is 0.917. The third kappa shape index (κ3) is 3.25. The van der Waals surface area contributed by atoms with E-state index in [0.29, 0.717) is 37.2 Å². The second-order valence-corrected chi connectivity index (χ2v) is 7.79. The van der Waals surface area contributed by atoms with Gasteiger partial charge in [0.05, 0.1) is 12.0 Å². The number of fused-ring (bicyclic) bond motifs is 1. The van der Waals surface area contributed by atoms with E-state index in [1.807, 2.05) is 61.2 Å². The number of para-hydroxylation sites is 1.